The highest BCUT2D eigenvalue weighted by Gasteiger charge is 2.19. The van der Waals surface area contributed by atoms with E-state index in [1.54, 1.807) is 0 Å². The molecule has 0 fully saturated rings. The molecule has 1 aromatic rings. The van der Waals surface area contributed by atoms with E-state index in [2.05, 4.69) is 11.4 Å². The normalized spacial score (nSPS) is 13.8. The molecular weight excluding hydrogens is 252 g/mol. The molecule has 1 aliphatic heterocycles. The summed E-state index contributed by atoms with van der Waals surface area (Å²) in [6.45, 7) is 5.32. The van der Waals surface area contributed by atoms with Crippen molar-refractivity contribution in [2.75, 3.05) is 11.9 Å². The summed E-state index contributed by atoms with van der Waals surface area (Å²) in [6, 6.07) is 6.01. The molecule has 2 rings (SSSR count). The van der Waals surface area contributed by atoms with Gasteiger partial charge < -0.3 is 10.2 Å². The molecule has 1 heterocycles. The highest BCUT2D eigenvalue weighted by atomic mass is 16.2. The number of anilines is 1. The Morgan fingerprint density at radius 3 is 2.75 bits per heavy atom. The van der Waals surface area contributed by atoms with E-state index < -0.39 is 0 Å². The summed E-state index contributed by atoms with van der Waals surface area (Å²) in [6.07, 6.45) is 2.82. The first kappa shape index (κ1) is 14.6. The predicted molar refractivity (Wildman–Crippen MR) is 79.4 cm³/mol. The van der Waals surface area contributed by atoms with Gasteiger partial charge in [-0.05, 0) is 36.1 Å². The van der Waals surface area contributed by atoms with Gasteiger partial charge in [-0.3, -0.25) is 9.59 Å². The summed E-state index contributed by atoms with van der Waals surface area (Å²) >= 11 is 0. The first-order chi connectivity index (χ1) is 9.63. The van der Waals surface area contributed by atoms with E-state index in [1.807, 2.05) is 30.9 Å². The first-order valence-electron chi connectivity index (χ1n) is 7.33. The Hall–Kier alpha value is -1.84. The molecule has 0 saturated heterocycles. The largest absolute Gasteiger partial charge is 0.338 e. The van der Waals surface area contributed by atoms with Crippen molar-refractivity contribution >= 4 is 17.5 Å². The zero-order valence-corrected chi connectivity index (χ0v) is 12.2. The van der Waals surface area contributed by atoms with Gasteiger partial charge in [-0.1, -0.05) is 19.9 Å². The highest BCUT2D eigenvalue weighted by Crippen LogP contribution is 2.23. The van der Waals surface area contributed by atoms with Crippen molar-refractivity contribution in [1.29, 1.82) is 0 Å². The fraction of sp³-hybridized carbons (Fsp3) is 0.500. The average molecular weight is 274 g/mol. The van der Waals surface area contributed by atoms with Crippen molar-refractivity contribution in [2.45, 2.75) is 46.1 Å². The van der Waals surface area contributed by atoms with Gasteiger partial charge >= 0.3 is 0 Å². The standard InChI is InChI=1S/C16H22N2O2/c1-3-5-15(19)17-14-7-6-12-8-9-18(16(20)4-2)11-13(12)10-14/h6-7,10H,3-5,8-9,11H2,1-2H3,(H,17,19). The van der Waals surface area contributed by atoms with Crippen LogP contribution in [0.5, 0.6) is 0 Å². The molecule has 0 saturated carbocycles. The fourth-order valence-electron chi connectivity index (χ4n) is 2.52. The maximum Gasteiger partial charge on any atom is 0.224 e. The molecule has 0 atom stereocenters. The maximum absolute atomic E-state index is 11.8. The second-order valence-corrected chi connectivity index (χ2v) is 5.20. The van der Waals surface area contributed by atoms with E-state index in [0.29, 0.717) is 19.4 Å². The molecule has 0 unspecified atom stereocenters. The summed E-state index contributed by atoms with van der Waals surface area (Å²) in [7, 11) is 0. The van der Waals surface area contributed by atoms with Crippen LogP contribution in [-0.4, -0.2) is 23.3 Å². The third kappa shape index (κ3) is 3.38. The van der Waals surface area contributed by atoms with E-state index in [0.717, 1.165) is 30.6 Å². The molecule has 1 aliphatic rings. The van der Waals surface area contributed by atoms with Crippen LogP contribution in [0.3, 0.4) is 0 Å². The molecule has 4 heteroatoms. The average Bonchev–Trinajstić information content (AvgIpc) is 2.45. The molecule has 108 valence electrons. The Kier molecular flexibility index (Phi) is 4.77. The van der Waals surface area contributed by atoms with Crippen LogP contribution in [0.15, 0.2) is 18.2 Å². The molecule has 20 heavy (non-hydrogen) atoms. The summed E-state index contributed by atoms with van der Waals surface area (Å²) in [5.41, 5.74) is 3.25. The lowest BCUT2D eigenvalue weighted by atomic mass is 9.98. The number of amides is 2. The smallest absolute Gasteiger partial charge is 0.224 e. The van der Waals surface area contributed by atoms with Gasteiger partial charge in [0.15, 0.2) is 0 Å². The van der Waals surface area contributed by atoms with E-state index in [4.69, 9.17) is 0 Å². The van der Waals surface area contributed by atoms with Gasteiger partial charge in [-0.15, -0.1) is 0 Å². The van der Waals surface area contributed by atoms with Crippen LogP contribution in [0.25, 0.3) is 0 Å². The maximum atomic E-state index is 11.8. The van der Waals surface area contributed by atoms with Crippen molar-refractivity contribution < 1.29 is 9.59 Å². The summed E-state index contributed by atoms with van der Waals surface area (Å²) in [4.78, 5) is 25.3. The second-order valence-electron chi connectivity index (χ2n) is 5.20. The molecule has 1 aromatic carbocycles. The number of carbonyl (C=O) groups is 2. The number of fused-ring (bicyclic) bond motifs is 1. The van der Waals surface area contributed by atoms with Crippen LogP contribution in [0.2, 0.25) is 0 Å². The molecule has 0 spiro atoms. The van der Waals surface area contributed by atoms with E-state index in [9.17, 15) is 9.59 Å². The Morgan fingerprint density at radius 2 is 2.05 bits per heavy atom. The van der Waals surface area contributed by atoms with Gasteiger partial charge in [0.05, 0.1) is 0 Å². The quantitative estimate of drug-likeness (QED) is 0.917. The van der Waals surface area contributed by atoms with Crippen molar-refractivity contribution in [3.8, 4) is 0 Å². The number of hydrogen-bond acceptors (Lipinski definition) is 2. The minimum Gasteiger partial charge on any atom is -0.338 e. The lowest BCUT2D eigenvalue weighted by Gasteiger charge is -2.29. The van der Waals surface area contributed by atoms with Crippen molar-refractivity contribution in [3.05, 3.63) is 29.3 Å². The Balaban J connectivity index is 2.10. The lowest BCUT2D eigenvalue weighted by molar-refractivity contribution is -0.131. The van der Waals surface area contributed by atoms with Crippen LogP contribution in [-0.2, 0) is 22.6 Å². The number of hydrogen-bond donors (Lipinski definition) is 1. The number of nitrogens with zero attached hydrogens (tertiary/aromatic N) is 1. The minimum atomic E-state index is 0.0461. The van der Waals surface area contributed by atoms with Crippen molar-refractivity contribution in [2.24, 2.45) is 0 Å². The first-order valence-corrected chi connectivity index (χ1v) is 7.33. The molecule has 4 nitrogen and oxygen atoms in total. The van der Waals surface area contributed by atoms with Gasteiger partial charge in [0.1, 0.15) is 0 Å². The lowest BCUT2D eigenvalue weighted by Crippen LogP contribution is -2.35. The Labute approximate surface area is 120 Å². The van der Waals surface area contributed by atoms with E-state index in [1.165, 1.54) is 5.56 Å². The minimum absolute atomic E-state index is 0.0461. The number of rotatable bonds is 4. The van der Waals surface area contributed by atoms with E-state index in [-0.39, 0.29) is 11.8 Å². The van der Waals surface area contributed by atoms with Crippen LogP contribution < -0.4 is 5.32 Å². The monoisotopic (exact) mass is 274 g/mol. The third-order valence-corrected chi connectivity index (χ3v) is 3.63. The predicted octanol–water partition coefficient (Wildman–Crippen LogP) is 2.72. The van der Waals surface area contributed by atoms with Gasteiger partial charge in [0.25, 0.3) is 0 Å². The third-order valence-electron chi connectivity index (χ3n) is 3.63. The highest BCUT2D eigenvalue weighted by molar-refractivity contribution is 5.90. The SMILES string of the molecule is CCCC(=O)Nc1ccc2c(c1)CN(C(=O)CC)CC2. The Bertz CT molecular complexity index is 511. The van der Waals surface area contributed by atoms with Crippen LogP contribution in [0, 0.1) is 0 Å². The summed E-state index contributed by atoms with van der Waals surface area (Å²) < 4.78 is 0. The number of carbonyl (C=O) groups excluding carboxylic acids is 2. The molecule has 0 radical (unpaired) electrons. The van der Waals surface area contributed by atoms with Crippen LogP contribution in [0.1, 0.15) is 44.2 Å². The van der Waals surface area contributed by atoms with Gasteiger partial charge in [0, 0.05) is 31.6 Å². The Morgan fingerprint density at radius 1 is 1.25 bits per heavy atom. The van der Waals surface area contributed by atoms with Crippen molar-refractivity contribution in [1.82, 2.24) is 4.90 Å². The van der Waals surface area contributed by atoms with Crippen LogP contribution >= 0.6 is 0 Å². The zero-order valence-electron chi connectivity index (χ0n) is 12.2. The zero-order chi connectivity index (χ0) is 14.5. The number of benzene rings is 1. The molecule has 0 aliphatic carbocycles. The topological polar surface area (TPSA) is 49.4 Å². The van der Waals surface area contributed by atoms with Crippen molar-refractivity contribution in [3.63, 3.8) is 0 Å². The molecule has 0 aromatic heterocycles. The molecule has 1 N–H and O–H groups in total. The molecule has 0 bridgehead atoms. The van der Waals surface area contributed by atoms with Crippen LogP contribution in [0.4, 0.5) is 5.69 Å². The number of nitrogens with one attached hydrogen (secondary N) is 1. The van der Waals surface area contributed by atoms with Gasteiger partial charge in [-0.2, -0.15) is 0 Å². The molecule has 2 amide bonds. The van der Waals surface area contributed by atoms with E-state index >= 15 is 0 Å². The summed E-state index contributed by atoms with van der Waals surface area (Å²) in [5.74, 6) is 0.237. The summed E-state index contributed by atoms with van der Waals surface area (Å²) in [5, 5.41) is 2.91. The van der Waals surface area contributed by atoms with Gasteiger partial charge in [0.2, 0.25) is 11.8 Å². The second kappa shape index (κ2) is 6.55. The molecular formula is C16H22N2O2. The fourth-order valence-corrected chi connectivity index (χ4v) is 2.52. The van der Waals surface area contributed by atoms with Gasteiger partial charge in [-0.25, -0.2) is 0 Å².